The summed E-state index contributed by atoms with van der Waals surface area (Å²) in [6.07, 6.45) is 4.02. The van der Waals surface area contributed by atoms with E-state index in [0.717, 1.165) is 6.07 Å². The average Bonchev–Trinajstić information content (AvgIpc) is 3.01. The van der Waals surface area contributed by atoms with E-state index in [4.69, 9.17) is 4.42 Å². The number of aromatic nitrogens is 2. The molecule has 1 aromatic carbocycles. The summed E-state index contributed by atoms with van der Waals surface area (Å²) in [6, 6.07) is 0.929. The number of aryl methyl sites for hydroxylation is 1. The Hall–Kier alpha value is -3.07. The maximum absolute atomic E-state index is 14.1. The molecule has 0 radical (unpaired) electrons. The molecule has 2 heterocycles. The van der Waals surface area contributed by atoms with Crippen LogP contribution in [0.3, 0.4) is 0 Å². The molecule has 1 saturated carbocycles. The lowest BCUT2D eigenvalue weighted by atomic mass is 9.82. The molecule has 1 aliphatic rings. The van der Waals surface area contributed by atoms with Crippen molar-refractivity contribution in [1.82, 2.24) is 15.3 Å². The minimum Gasteiger partial charge on any atom is -0.455 e. The minimum absolute atomic E-state index is 0.0353. The van der Waals surface area contributed by atoms with Crippen LogP contribution in [0, 0.1) is 24.5 Å². The first kappa shape index (κ1) is 21.2. The van der Waals surface area contributed by atoms with Gasteiger partial charge in [0.1, 0.15) is 17.4 Å². The molecule has 31 heavy (non-hydrogen) atoms. The first-order valence-electron chi connectivity index (χ1n) is 10.2. The van der Waals surface area contributed by atoms with Crippen LogP contribution in [0.2, 0.25) is 0 Å². The number of anilines is 1. The van der Waals surface area contributed by atoms with Crippen LogP contribution < -0.4 is 10.6 Å². The topological polar surface area (TPSA) is 100 Å². The number of hydrogen-bond acceptors (Lipinski definition) is 5. The summed E-state index contributed by atoms with van der Waals surface area (Å²) in [5, 5.41) is 15.3. The molecule has 3 aromatic rings. The number of hydrogen-bond donors (Lipinski definition) is 3. The molecule has 2 aromatic heterocycles. The Morgan fingerprint density at radius 2 is 1.90 bits per heavy atom. The summed E-state index contributed by atoms with van der Waals surface area (Å²) in [4.78, 5) is 21.1. The lowest BCUT2D eigenvalue weighted by Gasteiger charge is -2.29. The number of nitrogens with zero attached hydrogens (tertiary/aromatic N) is 2. The van der Waals surface area contributed by atoms with Gasteiger partial charge in [-0.25, -0.2) is 23.5 Å². The first-order valence-corrected chi connectivity index (χ1v) is 10.2. The molecule has 1 atom stereocenters. The second kappa shape index (κ2) is 8.22. The van der Waals surface area contributed by atoms with E-state index in [1.807, 2.05) is 13.8 Å². The zero-order valence-electron chi connectivity index (χ0n) is 17.4. The zero-order chi connectivity index (χ0) is 22.3. The number of carbonyl (C=O) groups is 1. The monoisotopic (exact) mass is 430 g/mol. The van der Waals surface area contributed by atoms with Crippen LogP contribution in [-0.2, 0) is 0 Å². The molecule has 0 spiro atoms. The van der Waals surface area contributed by atoms with Crippen molar-refractivity contribution >= 4 is 22.7 Å². The standard InChI is InChI=1S/C22H24F2N4O3/c1-10(2)18(19-11(3)16-6-13(23)7-17(24)20(16)31-19)28-22(30)27-14-8-25-21(26-9-14)12-4-15(29)5-12/h6-10,12,15,18,29H,4-5H2,1-3H3,(H2,27,28,30)/t12?,15?,18-/m1/s1. The third kappa shape index (κ3) is 4.23. The molecule has 1 fully saturated rings. The number of urea groups is 1. The van der Waals surface area contributed by atoms with Gasteiger partial charge in [-0.15, -0.1) is 0 Å². The van der Waals surface area contributed by atoms with Gasteiger partial charge in [0.15, 0.2) is 11.4 Å². The number of aliphatic hydroxyl groups is 1. The van der Waals surface area contributed by atoms with Crippen molar-refractivity contribution in [2.24, 2.45) is 5.92 Å². The number of rotatable bonds is 5. The Labute approximate surface area is 177 Å². The number of halogens is 2. The summed E-state index contributed by atoms with van der Waals surface area (Å²) < 4.78 is 33.5. The fourth-order valence-electron chi connectivity index (χ4n) is 3.81. The Bertz CT molecular complexity index is 1110. The van der Waals surface area contributed by atoms with Crippen LogP contribution in [0.4, 0.5) is 19.3 Å². The van der Waals surface area contributed by atoms with E-state index < -0.39 is 23.7 Å². The van der Waals surface area contributed by atoms with Gasteiger partial charge in [0.2, 0.25) is 0 Å². The number of aliphatic hydroxyl groups excluding tert-OH is 1. The minimum atomic E-state index is -0.785. The van der Waals surface area contributed by atoms with Gasteiger partial charge < -0.3 is 20.2 Å². The van der Waals surface area contributed by atoms with Gasteiger partial charge in [-0.2, -0.15) is 0 Å². The summed E-state index contributed by atoms with van der Waals surface area (Å²) >= 11 is 0. The van der Waals surface area contributed by atoms with Crippen molar-refractivity contribution in [3.8, 4) is 0 Å². The Kier molecular flexibility index (Phi) is 5.62. The maximum atomic E-state index is 14.1. The van der Waals surface area contributed by atoms with Gasteiger partial charge in [-0.3, -0.25) is 0 Å². The number of furan rings is 1. The number of fused-ring (bicyclic) bond motifs is 1. The van der Waals surface area contributed by atoms with Crippen LogP contribution in [0.15, 0.2) is 28.9 Å². The molecule has 0 aliphatic heterocycles. The van der Waals surface area contributed by atoms with Crippen molar-refractivity contribution in [2.75, 3.05) is 5.32 Å². The summed E-state index contributed by atoms with van der Waals surface area (Å²) in [5.74, 6) is -0.394. The van der Waals surface area contributed by atoms with E-state index >= 15 is 0 Å². The van der Waals surface area contributed by atoms with E-state index in [1.54, 1.807) is 6.92 Å². The average molecular weight is 430 g/mol. The highest BCUT2D eigenvalue weighted by molar-refractivity contribution is 5.89. The van der Waals surface area contributed by atoms with E-state index in [2.05, 4.69) is 20.6 Å². The normalized spacial score (nSPS) is 19.3. The van der Waals surface area contributed by atoms with Gasteiger partial charge in [0.05, 0.1) is 30.2 Å². The van der Waals surface area contributed by atoms with E-state index in [-0.39, 0.29) is 23.5 Å². The fourth-order valence-corrected chi connectivity index (χ4v) is 3.81. The van der Waals surface area contributed by atoms with Gasteiger partial charge in [-0.05, 0) is 31.7 Å². The molecule has 164 valence electrons. The molecule has 9 heteroatoms. The molecule has 0 unspecified atom stereocenters. The Balaban J connectivity index is 1.50. The zero-order valence-corrected chi connectivity index (χ0v) is 17.4. The molecule has 0 saturated heterocycles. The van der Waals surface area contributed by atoms with Gasteiger partial charge in [0.25, 0.3) is 0 Å². The molecule has 3 N–H and O–H groups in total. The molecule has 2 amide bonds. The Morgan fingerprint density at radius 1 is 1.23 bits per heavy atom. The van der Waals surface area contributed by atoms with Crippen molar-refractivity contribution in [3.05, 3.63) is 53.3 Å². The predicted octanol–water partition coefficient (Wildman–Crippen LogP) is 4.57. The lowest BCUT2D eigenvalue weighted by molar-refractivity contribution is 0.0716. The molecule has 4 rings (SSSR count). The quantitative estimate of drug-likeness (QED) is 0.551. The molecule has 0 bridgehead atoms. The molecular weight excluding hydrogens is 406 g/mol. The molecule has 1 aliphatic carbocycles. The summed E-state index contributed by atoms with van der Waals surface area (Å²) in [5.41, 5.74) is 0.952. The van der Waals surface area contributed by atoms with Crippen LogP contribution in [0.25, 0.3) is 11.0 Å². The number of benzene rings is 1. The van der Waals surface area contributed by atoms with Gasteiger partial charge in [0, 0.05) is 22.9 Å². The van der Waals surface area contributed by atoms with Gasteiger partial charge >= 0.3 is 6.03 Å². The van der Waals surface area contributed by atoms with E-state index in [9.17, 15) is 18.7 Å². The SMILES string of the molecule is Cc1c([C@H](NC(=O)Nc2cnc(C3CC(O)C3)nc2)C(C)C)oc2c(F)cc(F)cc12. The highest BCUT2D eigenvalue weighted by Crippen LogP contribution is 2.35. The smallest absolute Gasteiger partial charge is 0.319 e. The summed E-state index contributed by atoms with van der Waals surface area (Å²) in [7, 11) is 0. The first-order chi connectivity index (χ1) is 14.7. The van der Waals surface area contributed by atoms with Crippen molar-refractivity contribution in [3.63, 3.8) is 0 Å². The highest BCUT2D eigenvalue weighted by Gasteiger charge is 2.31. The fraction of sp³-hybridized carbons (Fsp3) is 0.409. The number of amides is 2. The molecular formula is C22H24F2N4O3. The number of nitrogens with one attached hydrogen (secondary N) is 2. The largest absolute Gasteiger partial charge is 0.455 e. The third-order valence-electron chi connectivity index (χ3n) is 5.64. The lowest BCUT2D eigenvalue weighted by Crippen LogP contribution is -2.35. The van der Waals surface area contributed by atoms with Crippen LogP contribution in [0.1, 0.15) is 55.8 Å². The second-order valence-corrected chi connectivity index (χ2v) is 8.33. The highest BCUT2D eigenvalue weighted by atomic mass is 19.1. The van der Waals surface area contributed by atoms with E-state index in [1.165, 1.54) is 18.5 Å². The van der Waals surface area contributed by atoms with Crippen molar-refractivity contribution in [2.45, 2.75) is 51.7 Å². The number of carbonyl (C=O) groups excluding carboxylic acids is 1. The van der Waals surface area contributed by atoms with E-state index in [0.29, 0.717) is 41.1 Å². The summed E-state index contributed by atoms with van der Waals surface area (Å²) in [6.45, 7) is 5.48. The maximum Gasteiger partial charge on any atom is 0.319 e. The second-order valence-electron chi connectivity index (χ2n) is 8.33. The third-order valence-corrected chi connectivity index (χ3v) is 5.64. The predicted molar refractivity (Wildman–Crippen MR) is 111 cm³/mol. The van der Waals surface area contributed by atoms with Crippen LogP contribution >= 0.6 is 0 Å². The molecule has 7 nitrogen and oxygen atoms in total. The van der Waals surface area contributed by atoms with Crippen molar-refractivity contribution in [1.29, 1.82) is 0 Å². The van der Waals surface area contributed by atoms with Crippen LogP contribution in [0.5, 0.6) is 0 Å². The Morgan fingerprint density at radius 3 is 2.52 bits per heavy atom. The van der Waals surface area contributed by atoms with Crippen LogP contribution in [-0.4, -0.2) is 27.2 Å². The van der Waals surface area contributed by atoms with Crippen molar-refractivity contribution < 1.29 is 23.1 Å². The van der Waals surface area contributed by atoms with Gasteiger partial charge in [-0.1, -0.05) is 13.8 Å².